The molecule has 1 aromatic rings. The van der Waals surface area contributed by atoms with Crippen LogP contribution in [0.3, 0.4) is 0 Å². The summed E-state index contributed by atoms with van der Waals surface area (Å²) in [6.07, 6.45) is -0.0883. The van der Waals surface area contributed by atoms with Gasteiger partial charge in [0.15, 0.2) is 11.9 Å². The number of anilines is 1. The van der Waals surface area contributed by atoms with E-state index in [0.29, 0.717) is 29.2 Å². The van der Waals surface area contributed by atoms with Crippen LogP contribution in [-0.4, -0.2) is 35.8 Å². The zero-order valence-electron chi connectivity index (χ0n) is 12.8. The molecule has 116 valence electrons. The minimum absolute atomic E-state index is 0.00906. The van der Waals surface area contributed by atoms with E-state index in [0.717, 1.165) is 0 Å². The van der Waals surface area contributed by atoms with Crippen LogP contribution in [0.4, 0.5) is 5.69 Å². The van der Waals surface area contributed by atoms with Gasteiger partial charge in [-0.3, -0.25) is 9.59 Å². The van der Waals surface area contributed by atoms with Gasteiger partial charge in [-0.1, -0.05) is 0 Å². The van der Waals surface area contributed by atoms with Crippen molar-refractivity contribution < 1.29 is 14.3 Å². The first-order chi connectivity index (χ1) is 10.5. The van der Waals surface area contributed by atoms with E-state index < -0.39 is 6.10 Å². The highest BCUT2D eigenvalue weighted by atomic mass is 32.2. The molecule has 0 spiro atoms. The Morgan fingerprint density at radius 2 is 2.27 bits per heavy atom. The van der Waals surface area contributed by atoms with Gasteiger partial charge in [0, 0.05) is 24.8 Å². The van der Waals surface area contributed by atoms with Crippen LogP contribution in [-0.2, 0) is 4.79 Å². The predicted octanol–water partition coefficient (Wildman–Crippen LogP) is 2.65. The molecule has 0 aliphatic carbocycles. The number of ketones is 1. The fourth-order valence-electron chi connectivity index (χ4n) is 2.26. The second-order valence-corrected chi connectivity index (χ2v) is 6.57. The first kappa shape index (κ1) is 16.4. The monoisotopic (exact) mass is 318 g/mol. The van der Waals surface area contributed by atoms with Gasteiger partial charge in [0.1, 0.15) is 5.75 Å². The molecule has 0 fully saturated rings. The molecule has 1 aromatic carbocycles. The molecular weight excluding hydrogens is 300 g/mol. The molecule has 1 aliphatic rings. The van der Waals surface area contributed by atoms with Gasteiger partial charge in [0.25, 0.3) is 5.91 Å². The van der Waals surface area contributed by atoms with Crippen LogP contribution in [0, 0.1) is 11.3 Å². The normalized spacial score (nSPS) is 18.2. The first-order valence-electron chi connectivity index (χ1n) is 7.06. The maximum absolute atomic E-state index is 12.4. The number of thioether (sulfide) groups is 1. The van der Waals surface area contributed by atoms with E-state index in [2.05, 4.69) is 6.07 Å². The van der Waals surface area contributed by atoms with Crippen LogP contribution >= 0.6 is 11.8 Å². The fourth-order valence-corrected chi connectivity index (χ4v) is 3.11. The third-order valence-corrected chi connectivity index (χ3v) is 4.69. The van der Waals surface area contributed by atoms with E-state index in [9.17, 15) is 9.59 Å². The van der Waals surface area contributed by atoms with Gasteiger partial charge >= 0.3 is 0 Å². The summed E-state index contributed by atoms with van der Waals surface area (Å²) in [5, 5.41) is 8.32. The van der Waals surface area contributed by atoms with Gasteiger partial charge in [-0.2, -0.15) is 5.26 Å². The van der Waals surface area contributed by atoms with E-state index in [-0.39, 0.29) is 16.9 Å². The average molecular weight is 318 g/mol. The Hall–Kier alpha value is -2.00. The highest BCUT2D eigenvalue weighted by molar-refractivity contribution is 8.00. The summed E-state index contributed by atoms with van der Waals surface area (Å²) in [4.78, 5) is 25.9. The number of Topliss-reactive ketones (excluding diaryl/α,β-unsaturated/α-hetero) is 1. The molecule has 0 radical (unpaired) electrons. The van der Waals surface area contributed by atoms with Gasteiger partial charge in [-0.05, 0) is 32.0 Å². The number of rotatable bonds is 5. The van der Waals surface area contributed by atoms with E-state index in [1.54, 1.807) is 32.2 Å². The Morgan fingerprint density at radius 1 is 1.55 bits per heavy atom. The van der Waals surface area contributed by atoms with Gasteiger partial charge in [-0.15, -0.1) is 11.8 Å². The molecule has 0 N–H and O–H groups in total. The Kier molecular flexibility index (Phi) is 5.09. The zero-order chi connectivity index (χ0) is 16.3. The highest BCUT2D eigenvalue weighted by Gasteiger charge is 2.29. The number of fused-ring (bicyclic) bond motifs is 1. The fraction of sp³-hybridized carbons (Fsp3) is 0.438. The number of benzene rings is 1. The molecule has 1 amide bonds. The molecule has 2 atom stereocenters. The van der Waals surface area contributed by atoms with Crippen molar-refractivity contribution in [1.29, 1.82) is 5.26 Å². The standard InChI is InChI=1S/C16H18N2O3S/c1-10-16(20)18(3)13-9-12(5-6-14(13)21-10)15(19)11(2)22-8-4-7-17/h5-6,9-11H,4,8H2,1-3H3. The number of carbonyl (C=O) groups excluding carboxylic acids is 2. The van der Waals surface area contributed by atoms with Crippen molar-refractivity contribution >= 4 is 29.1 Å². The Morgan fingerprint density at radius 3 is 2.95 bits per heavy atom. The van der Waals surface area contributed by atoms with Crippen LogP contribution in [0.1, 0.15) is 30.6 Å². The Labute approximate surface area is 134 Å². The lowest BCUT2D eigenvalue weighted by molar-refractivity contribution is -0.125. The lowest BCUT2D eigenvalue weighted by atomic mass is 10.1. The quantitative estimate of drug-likeness (QED) is 0.616. The number of carbonyl (C=O) groups is 2. The number of nitriles is 1. The van der Waals surface area contributed by atoms with Crippen molar-refractivity contribution in [3.8, 4) is 11.8 Å². The van der Waals surface area contributed by atoms with Gasteiger partial charge < -0.3 is 9.64 Å². The van der Waals surface area contributed by atoms with Gasteiger partial charge in [-0.25, -0.2) is 0 Å². The van der Waals surface area contributed by atoms with Crippen molar-refractivity contribution in [3.05, 3.63) is 23.8 Å². The molecule has 22 heavy (non-hydrogen) atoms. The van der Waals surface area contributed by atoms with E-state index in [4.69, 9.17) is 10.00 Å². The molecule has 2 rings (SSSR count). The third-order valence-electron chi connectivity index (χ3n) is 3.54. The topological polar surface area (TPSA) is 70.4 Å². The zero-order valence-corrected chi connectivity index (χ0v) is 13.6. The maximum Gasteiger partial charge on any atom is 0.267 e. The number of likely N-dealkylation sites (N-methyl/N-ethyl adjacent to an activating group) is 1. The second-order valence-electron chi connectivity index (χ2n) is 5.13. The molecule has 6 heteroatoms. The SMILES string of the molecule is CC1Oc2ccc(C(=O)C(C)SCCC#N)cc2N(C)C1=O. The van der Waals surface area contributed by atoms with Crippen molar-refractivity contribution in [1.82, 2.24) is 0 Å². The Balaban J connectivity index is 2.19. The van der Waals surface area contributed by atoms with Crippen molar-refractivity contribution in [2.24, 2.45) is 0 Å². The number of hydrogen-bond acceptors (Lipinski definition) is 5. The van der Waals surface area contributed by atoms with Crippen LogP contribution in [0.15, 0.2) is 18.2 Å². The maximum atomic E-state index is 12.4. The summed E-state index contributed by atoms with van der Waals surface area (Å²) in [7, 11) is 1.68. The first-order valence-corrected chi connectivity index (χ1v) is 8.11. The minimum Gasteiger partial charge on any atom is -0.479 e. The largest absolute Gasteiger partial charge is 0.479 e. The summed E-state index contributed by atoms with van der Waals surface area (Å²) in [6.45, 7) is 3.53. The lowest BCUT2D eigenvalue weighted by Crippen LogP contribution is -2.42. The van der Waals surface area contributed by atoms with Crippen LogP contribution in [0.2, 0.25) is 0 Å². The van der Waals surface area contributed by atoms with E-state index >= 15 is 0 Å². The van der Waals surface area contributed by atoms with E-state index in [1.165, 1.54) is 16.7 Å². The predicted molar refractivity (Wildman–Crippen MR) is 86.4 cm³/mol. The molecule has 0 aromatic heterocycles. The third kappa shape index (κ3) is 3.25. The minimum atomic E-state index is -0.514. The summed E-state index contributed by atoms with van der Waals surface area (Å²) in [6, 6.07) is 7.21. The number of hydrogen-bond donors (Lipinski definition) is 0. The van der Waals surface area contributed by atoms with Crippen molar-refractivity contribution in [2.75, 3.05) is 17.7 Å². The molecule has 1 heterocycles. The summed E-state index contributed by atoms with van der Waals surface area (Å²) in [5.41, 5.74) is 1.16. The summed E-state index contributed by atoms with van der Waals surface area (Å²) < 4.78 is 5.55. The second kappa shape index (κ2) is 6.84. The molecule has 5 nitrogen and oxygen atoms in total. The highest BCUT2D eigenvalue weighted by Crippen LogP contribution is 2.34. The van der Waals surface area contributed by atoms with Crippen LogP contribution < -0.4 is 9.64 Å². The summed E-state index contributed by atoms with van der Waals surface area (Å²) >= 11 is 1.46. The van der Waals surface area contributed by atoms with Crippen molar-refractivity contribution in [3.63, 3.8) is 0 Å². The van der Waals surface area contributed by atoms with E-state index in [1.807, 2.05) is 6.92 Å². The number of amides is 1. The van der Waals surface area contributed by atoms with Gasteiger partial charge in [0.05, 0.1) is 17.0 Å². The molecule has 2 unspecified atom stereocenters. The number of ether oxygens (including phenoxy) is 1. The average Bonchev–Trinajstić information content (AvgIpc) is 2.52. The molecule has 0 saturated carbocycles. The molecular formula is C16H18N2O3S. The lowest BCUT2D eigenvalue weighted by Gasteiger charge is -2.30. The van der Waals surface area contributed by atoms with Crippen LogP contribution in [0.5, 0.6) is 5.75 Å². The molecule has 0 saturated heterocycles. The van der Waals surface area contributed by atoms with Crippen LogP contribution in [0.25, 0.3) is 0 Å². The number of nitrogens with zero attached hydrogens (tertiary/aromatic N) is 2. The Bertz CT molecular complexity index is 639. The van der Waals surface area contributed by atoms with Gasteiger partial charge in [0.2, 0.25) is 0 Å². The summed E-state index contributed by atoms with van der Waals surface area (Å²) in [5.74, 6) is 1.10. The molecule has 0 bridgehead atoms. The van der Waals surface area contributed by atoms with Crippen molar-refractivity contribution in [2.45, 2.75) is 31.6 Å². The molecule has 1 aliphatic heterocycles. The smallest absolute Gasteiger partial charge is 0.267 e.